The molecule has 0 amide bonds. The molecule has 0 aromatic heterocycles. The molecule has 0 saturated heterocycles. The molecule has 2 N–H and O–H groups in total. The van der Waals surface area contributed by atoms with Crippen molar-refractivity contribution in [1.82, 2.24) is 0 Å². The smallest absolute Gasteiger partial charge is 0.390 e. The van der Waals surface area contributed by atoms with Gasteiger partial charge in [-0.15, -0.1) is 0 Å². The van der Waals surface area contributed by atoms with E-state index >= 15 is 0 Å². The van der Waals surface area contributed by atoms with Crippen molar-refractivity contribution in [2.24, 2.45) is 0 Å². The molecule has 2 unspecified atom stereocenters. The van der Waals surface area contributed by atoms with Crippen LogP contribution in [0.1, 0.15) is 0 Å². The maximum Gasteiger partial charge on any atom is 0.518 e. The van der Waals surface area contributed by atoms with E-state index < -0.39 is 17.6 Å². The van der Waals surface area contributed by atoms with E-state index in [4.69, 9.17) is 4.12 Å². The summed E-state index contributed by atoms with van der Waals surface area (Å²) in [5.41, 5.74) is 1.16. The zero-order valence-corrected chi connectivity index (χ0v) is 9.40. The number of hydrogen-bond donors (Lipinski definition) is 2. The lowest BCUT2D eigenvalue weighted by molar-refractivity contribution is 0.132. The molecule has 0 fully saturated rings. The molecule has 0 rings (SSSR count). The van der Waals surface area contributed by atoms with Gasteiger partial charge in [-0.25, -0.2) is 0 Å². The third kappa shape index (κ3) is 3.58. The van der Waals surface area contributed by atoms with Gasteiger partial charge in [-0.1, -0.05) is 6.58 Å². The van der Waals surface area contributed by atoms with E-state index in [0.29, 0.717) is 0 Å². The molecule has 72 valence electrons. The van der Waals surface area contributed by atoms with Gasteiger partial charge in [0, 0.05) is 20.8 Å². The van der Waals surface area contributed by atoms with Gasteiger partial charge in [-0.2, -0.15) is 0 Å². The Labute approximate surface area is 73.9 Å². The highest BCUT2D eigenvalue weighted by Gasteiger charge is 2.43. The van der Waals surface area contributed by atoms with Crippen molar-refractivity contribution in [3.8, 4) is 0 Å². The lowest BCUT2D eigenvalue weighted by atomic mass is 11.3. The monoisotopic (exact) mass is 210 g/mol. The second kappa shape index (κ2) is 4.28. The zero-order valence-electron chi connectivity index (χ0n) is 7.40. The molecule has 12 heavy (non-hydrogen) atoms. The molecule has 0 heterocycles. The summed E-state index contributed by atoms with van der Waals surface area (Å²) in [5, 5.41) is 0. The van der Waals surface area contributed by atoms with Crippen molar-refractivity contribution in [1.29, 1.82) is 0 Å². The van der Waals surface area contributed by atoms with Crippen molar-refractivity contribution in [3.63, 3.8) is 0 Å². The molecule has 0 aromatic rings. The van der Waals surface area contributed by atoms with Crippen LogP contribution in [0, 0.1) is 0 Å². The van der Waals surface area contributed by atoms with Crippen LogP contribution in [0.5, 0.6) is 0 Å². The average Bonchev–Trinajstić information content (AvgIpc) is 2.04. The molecule has 0 bridgehead atoms. The first kappa shape index (κ1) is 12.0. The van der Waals surface area contributed by atoms with Gasteiger partial charge < -0.3 is 22.6 Å². The highest BCUT2D eigenvalue weighted by Crippen LogP contribution is 2.11. The van der Waals surface area contributed by atoms with Gasteiger partial charge in [0.15, 0.2) is 0 Å². The Hall–Kier alpha value is -0.0262. The van der Waals surface area contributed by atoms with E-state index in [9.17, 15) is 9.59 Å². The lowest BCUT2D eigenvalue weighted by Gasteiger charge is -2.25. The largest absolute Gasteiger partial charge is 0.518 e. The molecule has 2 atom stereocenters. The molecule has 7 heteroatoms. The Morgan fingerprint density at radius 3 is 2.00 bits per heavy atom. The predicted molar refractivity (Wildman–Crippen MR) is 47.1 cm³/mol. The SMILES string of the molecule is C=C[Si](O)(OC)O[Si](C)(O)OC. The summed E-state index contributed by atoms with van der Waals surface area (Å²) in [6.07, 6.45) is 0. The number of rotatable bonds is 5. The van der Waals surface area contributed by atoms with Crippen LogP contribution in [0.25, 0.3) is 0 Å². The standard InChI is InChI=1S/C5H14O5Si2/c1-5-12(7,9-3)10-11(4,6)8-2/h5-7H,1H2,2-4H3. The highest BCUT2D eigenvalue weighted by molar-refractivity contribution is 6.75. The van der Waals surface area contributed by atoms with E-state index in [0.717, 1.165) is 5.70 Å². The first-order chi connectivity index (χ1) is 5.39. The van der Waals surface area contributed by atoms with Crippen molar-refractivity contribution in [2.75, 3.05) is 14.2 Å². The van der Waals surface area contributed by atoms with Gasteiger partial charge in [0.25, 0.3) is 0 Å². The van der Waals surface area contributed by atoms with E-state index in [-0.39, 0.29) is 0 Å². The summed E-state index contributed by atoms with van der Waals surface area (Å²) >= 11 is 0. The minimum absolute atomic E-state index is 1.16. The van der Waals surface area contributed by atoms with Gasteiger partial charge in [-0.3, -0.25) is 0 Å². The van der Waals surface area contributed by atoms with Gasteiger partial charge in [0.05, 0.1) is 0 Å². The molecular weight excluding hydrogens is 196 g/mol. The predicted octanol–water partition coefficient (Wildman–Crippen LogP) is -0.487. The van der Waals surface area contributed by atoms with Crippen molar-refractivity contribution in [2.45, 2.75) is 6.55 Å². The minimum atomic E-state index is -3.40. The number of hydrogen-bond acceptors (Lipinski definition) is 5. The van der Waals surface area contributed by atoms with E-state index in [1.165, 1.54) is 20.8 Å². The van der Waals surface area contributed by atoms with Crippen molar-refractivity contribution >= 4 is 17.6 Å². The summed E-state index contributed by atoms with van der Waals surface area (Å²) < 4.78 is 14.2. The molecule has 0 saturated carbocycles. The fourth-order valence-electron chi connectivity index (χ4n) is 0.480. The molecule has 0 aliphatic rings. The molecule has 0 aromatic carbocycles. The Morgan fingerprint density at radius 1 is 1.25 bits per heavy atom. The van der Waals surface area contributed by atoms with Crippen molar-refractivity contribution < 1.29 is 22.6 Å². The third-order valence-electron chi connectivity index (χ3n) is 1.26. The normalized spacial score (nSPS) is 21.1. The molecule has 0 aliphatic carbocycles. The summed E-state index contributed by atoms with van der Waals surface area (Å²) in [6, 6.07) is 0. The maximum atomic E-state index is 9.47. The van der Waals surface area contributed by atoms with Gasteiger partial charge in [-0.05, 0) is 5.70 Å². The zero-order chi connectivity index (χ0) is 9.83. The summed E-state index contributed by atoms with van der Waals surface area (Å²) in [4.78, 5) is 18.8. The van der Waals surface area contributed by atoms with Gasteiger partial charge in [0.1, 0.15) is 0 Å². The Kier molecular flexibility index (Phi) is 4.27. The third-order valence-corrected chi connectivity index (χ3v) is 5.81. The quantitative estimate of drug-likeness (QED) is 0.600. The first-order valence-electron chi connectivity index (χ1n) is 3.28. The van der Waals surface area contributed by atoms with E-state index in [1.807, 2.05) is 0 Å². The van der Waals surface area contributed by atoms with Crippen LogP contribution in [0.2, 0.25) is 6.55 Å². The molecular formula is C5H14O5Si2. The maximum absolute atomic E-state index is 9.47. The van der Waals surface area contributed by atoms with Crippen molar-refractivity contribution in [3.05, 3.63) is 12.3 Å². The second-order valence-corrected chi connectivity index (χ2v) is 7.34. The fraction of sp³-hybridized carbons (Fsp3) is 0.600. The highest BCUT2D eigenvalue weighted by atomic mass is 28.5. The topological polar surface area (TPSA) is 68.2 Å². The Morgan fingerprint density at radius 2 is 1.75 bits per heavy atom. The minimum Gasteiger partial charge on any atom is -0.390 e. The summed E-state index contributed by atoms with van der Waals surface area (Å²) in [7, 11) is -4.05. The molecule has 5 nitrogen and oxygen atoms in total. The first-order valence-corrected chi connectivity index (χ1v) is 7.38. The van der Waals surface area contributed by atoms with Crippen LogP contribution in [0.4, 0.5) is 0 Å². The fourth-order valence-corrected chi connectivity index (χ4v) is 3.82. The van der Waals surface area contributed by atoms with Gasteiger partial charge >= 0.3 is 17.6 Å². The summed E-state index contributed by atoms with van der Waals surface area (Å²) in [5.74, 6) is 0. The molecule has 0 spiro atoms. The second-order valence-electron chi connectivity index (χ2n) is 2.24. The van der Waals surface area contributed by atoms with Crippen LogP contribution in [0.15, 0.2) is 12.3 Å². The lowest BCUT2D eigenvalue weighted by Crippen LogP contribution is -2.52. The average molecular weight is 210 g/mol. The molecule has 0 radical (unpaired) electrons. The summed E-state index contributed by atoms with van der Waals surface area (Å²) in [6.45, 7) is 4.72. The van der Waals surface area contributed by atoms with Crippen LogP contribution in [-0.2, 0) is 13.0 Å². The Bertz CT molecular complexity index is 162. The van der Waals surface area contributed by atoms with Gasteiger partial charge in [0.2, 0.25) is 0 Å². The van der Waals surface area contributed by atoms with E-state index in [2.05, 4.69) is 15.4 Å². The van der Waals surface area contributed by atoms with E-state index in [1.54, 1.807) is 0 Å². The van der Waals surface area contributed by atoms with Crippen LogP contribution >= 0.6 is 0 Å². The van der Waals surface area contributed by atoms with Crippen LogP contribution in [0.3, 0.4) is 0 Å². The molecule has 0 aliphatic heterocycles. The van der Waals surface area contributed by atoms with Crippen LogP contribution in [-0.4, -0.2) is 41.4 Å². The van der Waals surface area contributed by atoms with Crippen LogP contribution < -0.4 is 0 Å². The Balaban J connectivity index is 4.29.